The molecule has 0 amide bonds. The summed E-state index contributed by atoms with van der Waals surface area (Å²) in [6.45, 7) is 0. The average Bonchev–Trinajstić information content (AvgIpc) is 3.96. The molecule has 2 heterocycles. The molecule has 0 N–H and O–H groups in total. The summed E-state index contributed by atoms with van der Waals surface area (Å²) >= 11 is -1.06. The molecule has 416 valence electrons. The zero-order valence-corrected chi connectivity index (χ0v) is 39.6. The minimum absolute atomic E-state index is 0.00483. The van der Waals surface area contributed by atoms with Gasteiger partial charge in [-0.3, -0.25) is 20.2 Å². The van der Waals surface area contributed by atoms with Crippen LogP contribution in [0.5, 0.6) is 11.5 Å². The molecule has 0 aliphatic carbocycles. The van der Waals surface area contributed by atoms with Crippen molar-refractivity contribution in [3.05, 3.63) is 228 Å². The van der Waals surface area contributed by atoms with Crippen molar-refractivity contribution in [3.8, 4) is 11.5 Å². The number of esters is 2. The van der Waals surface area contributed by atoms with E-state index in [1.165, 1.54) is 48.5 Å². The van der Waals surface area contributed by atoms with Gasteiger partial charge >= 0.3 is 40.7 Å². The van der Waals surface area contributed by atoms with E-state index in [1.54, 1.807) is 12.1 Å². The number of benzene rings is 6. The van der Waals surface area contributed by atoms with E-state index in [4.69, 9.17) is 18.3 Å². The van der Waals surface area contributed by atoms with Crippen molar-refractivity contribution in [2.24, 2.45) is 0 Å². The number of halogens is 21. The highest BCUT2D eigenvalue weighted by molar-refractivity contribution is 7.20. The van der Waals surface area contributed by atoms with Crippen molar-refractivity contribution < 1.29 is 147 Å². The first-order chi connectivity index (χ1) is 37.5. The normalized spacial score (nSPS) is 11.3. The zero-order valence-electron chi connectivity index (χ0n) is 37.4. The van der Waals surface area contributed by atoms with E-state index >= 15 is 35.1 Å². The summed E-state index contributed by atoms with van der Waals surface area (Å²) in [5.41, 5.74) is -14.8. The fourth-order valence-corrected chi connectivity index (χ4v) is 9.49. The van der Waals surface area contributed by atoms with Gasteiger partial charge in [0.1, 0.15) is 64.2 Å². The molecule has 34 heteroatoms. The Bertz CT molecular complexity index is 3430. The number of rotatable bonds is 12. The van der Waals surface area contributed by atoms with Crippen molar-refractivity contribution in [1.29, 1.82) is 0 Å². The molecule has 0 aliphatic rings. The third-order valence-corrected chi connectivity index (χ3v) is 13.1. The van der Waals surface area contributed by atoms with Crippen LogP contribution in [0.4, 0.5) is 99.2 Å². The van der Waals surface area contributed by atoms with Crippen molar-refractivity contribution in [3.63, 3.8) is 0 Å². The van der Waals surface area contributed by atoms with Crippen LogP contribution in [0.15, 0.2) is 81.6 Å². The molecule has 0 aliphatic heterocycles. The number of nitro groups is 2. The topological polar surface area (TPSA) is 165 Å². The molecule has 0 atom stereocenters. The molecule has 8 rings (SSSR count). The van der Waals surface area contributed by atoms with Crippen LogP contribution >= 0.6 is 0 Å². The van der Waals surface area contributed by atoms with Crippen LogP contribution in [0, 0.1) is 144 Å². The second-order valence-corrected chi connectivity index (χ2v) is 18.1. The van der Waals surface area contributed by atoms with Gasteiger partial charge in [-0.2, -0.15) is 0 Å². The van der Waals surface area contributed by atoms with Crippen molar-refractivity contribution >= 4 is 51.3 Å². The van der Waals surface area contributed by atoms with Gasteiger partial charge < -0.3 is 18.3 Å². The fourth-order valence-electron chi connectivity index (χ4n) is 7.55. The van der Waals surface area contributed by atoms with Crippen molar-refractivity contribution in [2.45, 2.75) is 0 Å². The number of nitro benzene ring substituents is 2. The molecule has 8 aromatic rings. The second kappa shape index (κ2) is 22.4. The predicted molar refractivity (Wildman–Crippen MR) is 220 cm³/mol. The Labute approximate surface area is 436 Å². The predicted octanol–water partition coefficient (Wildman–Crippen LogP) is 7.10. The van der Waals surface area contributed by atoms with Gasteiger partial charge in [-0.1, -0.05) is 12.1 Å². The van der Waals surface area contributed by atoms with Crippen molar-refractivity contribution in [2.75, 3.05) is 0 Å². The van der Waals surface area contributed by atoms with Gasteiger partial charge in [0.15, 0.2) is 69.8 Å². The average molecular weight is 1270 g/mol. The fraction of sp³-hybridized carbons (Fsp3) is 0. The Hall–Kier alpha value is -8.99. The van der Waals surface area contributed by atoms with Gasteiger partial charge in [-0.25, -0.2) is 97.4 Å². The minimum Gasteiger partial charge on any atom is -0.420 e. The van der Waals surface area contributed by atoms with E-state index < -0.39 is 187 Å². The maximum absolute atomic E-state index is 15.4. The van der Waals surface area contributed by atoms with E-state index in [-0.39, 0.29) is 34.4 Å². The number of carbonyl (C=O) groups excluding carboxylic acids is 2. The summed E-state index contributed by atoms with van der Waals surface area (Å²) in [4.78, 5) is 45.1. The van der Waals surface area contributed by atoms with Crippen LogP contribution in [0.3, 0.4) is 0 Å². The Morgan fingerprint density at radius 3 is 0.850 bits per heavy atom. The van der Waals surface area contributed by atoms with Crippen LogP contribution in [0.1, 0.15) is 21.1 Å². The van der Waals surface area contributed by atoms with E-state index in [0.29, 0.717) is 7.53 Å². The summed E-state index contributed by atoms with van der Waals surface area (Å²) in [6, 6.07) is 16.3. The molecular formula is C46H12BF20IN2O10. The standard InChI is InChI=1S/C24BF20.C22H12IN2O10/c26-5-1(6(27)14(35)21(42)13(5)34)25(2-7(28)15(36)22(43)16(37)8(2)29,3-9(30)17(38)23(44)18(39)10(3)31)4-11(32)19(40)24(45)20(41)12(4)33;26-21(32-15-5-1-3-13(11-15)24(28)29)17-7-9-19(34-17)23-20-10-8-18(35-20)22(27)33-16-6-2-4-14(12-16)25(30)31/h;1-12H/q-1;+1. The Morgan fingerprint density at radius 2 is 0.613 bits per heavy atom. The monoisotopic (exact) mass is 1270 g/mol. The molecular weight excluding hydrogens is 1260 g/mol. The molecule has 0 unspecified atom stereocenters. The van der Waals surface area contributed by atoms with E-state index in [2.05, 4.69) is 0 Å². The maximum atomic E-state index is 15.4. The molecule has 0 spiro atoms. The van der Waals surface area contributed by atoms with Gasteiger partial charge in [-0.15, -0.1) is 21.9 Å². The van der Waals surface area contributed by atoms with E-state index in [0.717, 1.165) is 12.1 Å². The van der Waals surface area contributed by atoms with Gasteiger partial charge in [-0.05, 0) is 24.3 Å². The highest BCUT2D eigenvalue weighted by atomic mass is 127. The Kier molecular flexibility index (Phi) is 16.4. The van der Waals surface area contributed by atoms with Gasteiger partial charge in [0.2, 0.25) is 11.5 Å². The first-order valence-electron chi connectivity index (χ1n) is 20.5. The van der Waals surface area contributed by atoms with Crippen LogP contribution in [-0.2, 0) is 0 Å². The highest BCUT2D eigenvalue weighted by Gasteiger charge is 2.52. The number of carbonyl (C=O) groups is 2. The summed E-state index contributed by atoms with van der Waals surface area (Å²) in [5.74, 6) is -73.3. The van der Waals surface area contributed by atoms with Crippen LogP contribution in [-0.4, -0.2) is 27.9 Å². The molecule has 6 aromatic carbocycles. The third-order valence-electron chi connectivity index (χ3n) is 10.9. The maximum Gasteiger partial charge on any atom is 0.443 e. The minimum atomic E-state index is -7.22. The van der Waals surface area contributed by atoms with Crippen LogP contribution < -0.4 is 52.5 Å². The van der Waals surface area contributed by atoms with Gasteiger partial charge in [0.25, 0.3) is 11.4 Å². The van der Waals surface area contributed by atoms with Crippen LogP contribution in [0.25, 0.3) is 0 Å². The lowest BCUT2D eigenvalue weighted by Crippen LogP contribution is -3.61. The number of nitrogens with zero attached hydrogens (tertiary/aromatic N) is 2. The van der Waals surface area contributed by atoms with Gasteiger partial charge in [0, 0.05) is 24.3 Å². The molecule has 80 heavy (non-hydrogen) atoms. The first-order valence-corrected chi connectivity index (χ1v) is 22.7. The quantitative estimate of drug-likeness (QED) is 0.0142. The number of hydrogen-bond donors (Lipinski definition) is 0. The SMILES string of the molecule is Fc1c(F)c(F)c([B-](c2c(F)c(F)c(F)c(F)c2F)(c2c(F)c(F)c(F)c(F)c2F)c2c(F)c(F)c(F)c(F)c2F)c(F)c1F.O=C(Oc1cccc([N+](=O)[O-])c1)c1ccc([I+]c2ccc(C(=O)Oc3cccc([N+](=O)[O-])c3)o2)o1. The summed E-state index contributed by atoms with van der Waals surface area (Å²) in [6.07, 6.45) is -7.22. The number of furan rings is 2. The highest BCUT2D eigenvalue weighted by Crippen LogP contribution is 2.31. The Balaban J connectivity index is 0.000000238. The lowest BCUT2D eigenvalue weighted by Gasteiger charge is -2.44. The number of hydrogen-bond acceptors (Lipinski definition) is 10. The van der Waals surface area contributed by atoms with E-state index in [1.807, 2.05) is 0 Å². The number of ether oxygens (including phenoxy) is 2. The second-order valence-electron chi connectivity index (χ2n) is 15.4. The lowest BCUT2D eigenvalue weighted by molar-refractivity contribution is -0.636. The lowest BCUT2D eigenvalue weighted by atomic mass is 9.12. The summed E-state index contributed by atoms with van der Waals surface area (Å²) < 4.78 is 316. The van der Waals surface area contributed by atoms with Crippen LogP contribution in [0.2, 0.25) is 0 Å². The molecule has 0 fully saturated rings. The smallest absolute Gasteiger partial charge is 0.420 e. The molecule has 0 saturated heterocycles. The molecule has 0 radical (unpaired) electrons. The summed E-state index contributed by atoms with van der Waals surface area (Å²) in [5, 5.41) is 21.7. The molecule has 12 nitrogen and oxygen atoms in total. The largest absolute Gasteiger partial charge is 0.443 e. The third kappa shape index (κ3) is 10.2. The zero-order chi connectivity index (χ0) is 59.3. The molecule has 2 aromatic heterocycles. The molecule has 0 bridgehead atoms. The summed E-state index contributed by atoms with van der Waals surface area (Å²) in [7, 11) is 0. The number of non-ortho nitro benzene ring substituents is 2. The Morgan fingerprint density at radius 1 is 0.375 bits per heavy atom. The van der Waals surface area contributed by atoms with Crippen molar-refractivity contribution in [1.82, 2.24) is 0 Å². The van der Waals surface area contributed by atoms with Gasteiger partial charge in [0.05, 0.1) is 22.0 Å². The first kappa shape index (κ1) is 58.7. The molecule has 0 saturated carbocycles. The van der Waals surface area contributed by atoms with E-state index in [9.17, 15) is 82.5 Å².